The minimum Gasteiger partial charge on any atom is -0.422 e. The molecule has 3 aromatic rings. The number of carbonyl (C=O) groups excluding carboxylic acids is 1. The molecule has 7 heteroatoms. The van der Waals surface area contributed by atoms with E-state index in [1.165, 1.54) is 29.0 Å². The van der Waals surface area contributed by atoms with Gasteiger partial charge in [0.25, 0.3) is 0 Å². The Labute approximate surface area is 175 Å². The van der Waals surface area contributed by atoms with Gasteiger partial charge in [-0.15, -0.1) is 11.3 Å². The minimum atomic E-state index is -3.77. The second-order valence-corrected chi connectivity index (χ2v) is 9.33. The van der Waals surface area contributed by atoms with Gasteiger partial charge in [-0.05, 0) is 60.7 Å². The molecule has 0 bridgehead atoms. The maximum atomic E-state index is 12.9. The number of ether oxygens (including phenoxy) is 1. The molecule has 0 aliphatic carbocycles. The van der Waals surface area contributed by atoms with Crippen molar-refractivity contribution in [2.75, 3.05) is 0 Å². The highest BCUT2D eigenvalue weighted by Crippen LogP contribution is 2.37. The van der Waals surface area contributed by atoms with Crippen LogP contribution in [0.25, 0.3) is 11.1 Å². The van der Waals surface area contributed by atoms with Crippen LogP contribution in [0.3, 0.4) is 0 Å². The van der Waals surface area contributed by atoms with E-state index in [4.69, 9.17) is 9.88 Å². The number of hydrogen-bond donors (Lipinski definition) is 1. The van der Waals surface area contributed by atoms with Gasteiger partial charge in [0, 0.05) is 10.4 Å². The normalized spacial score (nSPS) is 11.4. The van der Waals surface area contributed by atoms with E-state index in [0.717, 1.165) is 34.4 Å². The molecular formula is C22H23NO4S2. The first-order valence-electron chi connectivity index (χ1n) is 9.31. The third-order valence-electron chi connectivity index (χ3n) is 4.77. The fourth-order valence-electron chi connectivity index (χ4n) is 3.15. The second-order valence-electron chi connectivity index (χ2n) is 6.66. The predicted octanol–water partition coefficient (Wildman–Crippen LogP) is 4.71. The van der Waals surface area contributed by atoms with E-state index >= 15 is 0 Å². The van der Waals surface area contributed by atoms with Gasteiger partial charge in [-0.1, -0.05) is 38.1 Å². The lowest BCUT2D eigenvalue weighted by Crippen LogP contribution is -2.12. The van der Waals surface area contributed by atoms with Crippen LogP contribution in [0, 0.1) is 6.92 Å². The number of hydrogen-bond acceptors (Lipinski definition) is 5. The van der Waals surface area contributed by atoms with Gasteiger partial charge in [0.05, 0.1) is 4.90 Å². The van der Waals surface area contributed by atoms with Crippen LogP contribution in [-0.4, -0.2) is 14.4 Å². The van der Waals surface area contributed by atoms with Crippen molar-refractivity contribution in [3.8, 4) is 16.9 Å². The molecule has 0 fully saturated rings. The molecule has 0 amide bonds. The van der Waals surface area contributed by atoms with E-state index in [-0.39, 0.29) is 4.90 Å². The Bertz CT molecular complexity index is 1130. The van der Waals surface area contributed by atoms with E-state index < -0.39 is 16.0 Å². The van der Waals surface area contributed by atoms with Crippen LogP contribution < -0.4 is 9.88 Å². The van der Waals surface area contributed by atoms with Gasteiger partial charge in [-0.3, -0.25) is 0 Å². The highest BCUT2D eigenvalue weighted by Gasteiger charge is 2.23. The standard InChI is InChI=1S/C22H23NO4S2/c1-4-15-6-10-17(11-7-15)27-22(24)21-20(14(3)19(5-2)28-21)16-8-12-18(13-9-16)29(23,25)26/h6-13H,4-5H2,1-3H3,(H2,23,25,26). The summed E-state index contributed by atoms with van der Waals surface area (Å²) < 4.78 is 28.7. The van der Waals surface area contributed by atoms with E-state index in [9.17, 15) is 13.2 Å². The molecule has 5 nitrogen and oxygen atoms in total. The zero-order valence-electron chi connectivity index (χ0n) is 16.6. The van der Waals surface area contributed by atoms with Crippen LogP contribution in [0.5, 0.6) is 5.75 Å². The molecule has 2 aromatic carbocycles. The first kappa shape index (κ1) is 21.2. The minimum absolute atomic E-state index is 0.0324. The second kappa shape index (κ2) is 8.49. The lowest BCUT2D eigenvalue weighted by atomic mass is 10.0. The summed E-state index contributed by atoms with van der Waals surface area (Å²) in [5, 5.41) is 5.19. The van der Waals surface area contributed by atoms with Gasteiger partial charge in [-0.25, -0.2) is 18.4 Å². The Morgan fingerprint density at radius 2 is 1.62 bits per heavy atom. The van der Waals surface area contributed by atoms with E-state index in [0.29, 0.717) is 10.6 Å². The average molecular weight is 430 g/mol. The largest absolute Gasteiger partial charge is 0.422 e. The van der Waals surface area contributed by atoms with Crippen molar-refractivity contribution >= 4 is 27.3 Å². The highest BCUT2D eigenvalue weighted by atomic mass is 32.2. The maximum Gasteiger partial charge on any atom is 0.354 e. The van der Waals surface area contributed by atoms with Crippen LogP contribution >= 0.6 is 11.3 Å². The number of benzene rings is 2. The smallest absolute Gasteiger partial charge is 0.354 e. The molecule has 152 valence electrons. The zero-order chi connectivity index (χ0) is 21.2. The summed E-state index contributed by atoms with van der Waals surface area (Å²) in [6.45, 7) is 6.06. The third-order valence-corrected chi connectivity index (χ3v) is 7.11. The number of nitrogens with two attached hydrogens (primary N) is 1. The monoisotopic (exact) mass is 429 g/mol. The molecule has 0 aliphatic rings. The quantitative estimate of drug-likeness (QED) is 0.454. The summed E-state index contributed by atoms with van der Waals surface area (Å²) in [5.74, 6) is 0.0689. The van der Waals surface area contributed by atoms with Crippen LogP contribution in [0.4, 0.5) is 0 Å². The van der Waals surface area contributed by atoms with Crippen LogP contribution in [0.15, 0.2) is 53.4 Å². The van der Waals surface area contributed by atoms with Crippen molar-refractivity contribution in [1.82, 2.24) is 0 Å². The number of rotatable bonds is 6. The van der Waals surface area contributed by atoms with Crippen LogP contribution in [-0.2, 0) is 22.9 Å². The molecule has 1 aromatic heterocycles. The molecule has 0 saturated heterocycles. The number of primary sulfonamides is 1. The van der Waals surface area contributed by atoms with Gasteiger partial charge < -0.3 is 4.74 Å². The Hall–Kier alpha value is -2.48. The van der Waals surface area contributed by atoms with Gasteiger partial charge >= 0.3 is 5.97 Å². The Kier molecular flexibility index (Phi) is 6.21. The van der Waals surface area contributed by atoms with Gasteiger partial charge in [0.1, 0.15) is 10.6 Å². The fourth-order valence-corrected chi connectivity index (χ4v) is 4.81. The van der Waals surface area contributed by atoms with Crippen LogP contribution in [0.1, 0.15) is 39.5 Å². The van der Waals surface area contributed by atoms with Crippen molar-refractivity contribution in [3.05, 3.63) is 69.4 Å². The molecule has 29 heavy (non-hydrogen) atoms. The van der Waals surface area contributed by atoms with Gasteiger partial charge in [0.2, 0.25) is 10.0 Å². The van der Waals surface area contributed by atoms with E-state index in [2.05, 4.69) is 6.92 Å². The SMILES string of the molecule is CCc1ccc(OC(=O)c2sc(CC)c(C)c2-c2ccc(S(N)(=O)=O)cc2)cc1. The maximum absolute atomic E-state index is 12.9. The third kappa shape index (κ3) is 4.58. The number of sulfonamides is 1. The number of thiophene rings is 1. The molecule has 0 aliphatic heterocycles. The van der Waals surface area contributed by atoms with Crippen molar-refractivity contribution in [2.45, 2.75) is 38.5 Å². The van der Waals surface area contributed by atoms with E-state index in [1.54, 1.807) is 24.3 Å². The molecule has 0 atom stereocenters. The summed E-state index contributed by atoms with van der Waals surface area (Å²) in [6.07, 6.45) is 1.70. The lowest BCUT2D eigenvalue weighted by Gasteiger charge is -2.08. The van der Waals surface area contributed by atoms with Gasteiger partial charge in [0.15, 0.2) is 0 Å². The Balaban J connectivity index is 1.99. The van der Waals surface area contributed by atoms with Crippen molar-refractivity contribution in [1.29, 1.82) is 0 Å². The van der Waals surface area contributed by atoms with E-state index in [1.807, 2.05) is 26.0 Å². The molecule has 0 spiro atoms. The van der Waals surface area contributed by atoms with Gasteiger partial charge in [-0.2, -0.15) is 0 Å². The molecule has 0 radical (unpaired) electrons. The van der Waals surface area contributed by atoms with Crippen molar-refractivity contribution < 1.29 is 17.9 Å². The number of aryl methyl sites for hydroxylation is 2. The highest BCUT2D eigenvalue weighted by molar-refractivity contribution is 7.89. The molecule has 1 heterocycles. The molecule has 2 N–H and O–H groups in total. The number of esters is 1. The summed E-state index contributed by atoms with van der Waals surface area (Å²) in [7, 11) is -3.77. The fraction of sp³-hybridized carbons (Fsp3) is 0.227. The summed E-state index contributed by atoms with van der Waals surface area (Å²) in [5.41, 5.74) is 3.68. The Morgan fingerprint density at radius 3 is 2.14 bits per heavy atom. The topological polar surface area (TPSA) is 86.5 Å². The average Bonchev–Trinajstić information content (AvgIpc) is 3.04. The first-order chi connectivity index (χ1) is 13.7. The molecular weight excluding hydrogens is 406 g/mol. The molecule has 3 rings (SSSR count). The zero-order valence-corrected chi connectivity index (χ0v) is 18.2. The molecule has 0 saturated carbocycles. The van der Waals surface area contributed by atoms with Crippen molar-refractivity contribution in [2.24, 2.45) is 5.14 Å². The van der Waals surface area contributed by atoms with Crippen molar-refractivity contribution in [3.63, 3.8) is 0 Å². The predicted molar refractivity (Wildman–Crippen MR) is 116 cm³/mol. The summed E-state index contributed by atoms with van der Waals surface area (Å²) >= 11 is 1.41. The summed E-state index contributed by atoms with van der Waals surface area (Å²) in [4.78, 5) is 14.6. The number of carbonyl (C=O) groups is 1. The Morgan fingerprint density at radius 1 is 1.00 bits per heavy atom. The van der Waals surface area contributed by atoms with Crippen LogP contribution in [0.2, 0.25) is 0 Å². The lowest BCUT2D eigenvalue weighted by molar-refractivity contribution is 0.0740. The summed E-state index contributed by atoms with van der Waals surface area (Å²) in [6, 6.07) is 13.7. The molecule has 0 unspecified atom stereocenters. The first-order valence-corrected chi connectivity index (χ1v) is 11.7.